The standard InChI is InChI=1S/C23H28O2S/c1-13(12-17-9-10-19(26-17)22(24)25)20-14(2)15(3)21-18(16(20)4)8-7-11-23(21,5)6/h9-10,12H,7-8,11H2,1-6H3,(H,24,25). The summed E-state index contributed by atoms with van der Waals surface area (Å²) in [5, 5.41) is 9.15. The van der Waals surface area contributed by atoms with Crippen LogP contribution in [-0.2, 0) is 11.8 Å². The van der Waals surface area contributed by atoms with Crippen molar-refractivity contribution in [2.45, 2.75) is 66.2 Å². The van der Waals surface area contributed by atoms with Gasteiger partial charge in [0.1, 0.15) is 4.88 Å². The first-order chi connectivity index (χ1) is 12.1. The van der Waals surface area contributed by atoms with Crippen molar-refractivity contribution in [3.8, 4) is 0 Å². The van der Waals surface area contributed by atoms with Gasteiger partial charge in [0.15, 0.2) is 0 Å². The summed E-state index contributed by atoms with van der Waals surface area (Å²) in [4.78, 5) is 12.5. The smallest absolute Gasteiger partial charge is 0.345 e. The van der Waals surface area contributed by atoms with Crippen molar-refractivity contribution in [3.05, 3.63) is 55.3 Å². The molecule has 1 heterocycles. The minimum Gasteiger partial charge on any atom is -0.477 e. The van der Waals surface area contributed by atoms with Crippen molar-refractivity contribution < 1.29 is 9.90 Å². The van der Waals surface area contributed by atoms with Crippen LogP contribution in [0.2, 0.25) is 0 Å². The number of hydrogen-bond donors (Lipinski definition) is 1. The van der Waals surface area contributed by atoms with Gasteiger partial charge in [0, 0.05) is 4.88 Å². The molecule has 0 radical (unpaired) electrons. The molecule has 138 valence electrons. The Morgan fingerprint density at radius 2 is 1.85 bits per heavy atom. The molecule has 0 spiro atoms. The Kier molecular flexibility index (Phi) is 4.87. The molecule has 0 atom stereocenters. The fraction of sp³-hybridized carbons (Fsp3) is 0.435. The highest BCUT2D eigenvalue weighted by Gasteiger charge is 2.32. The van der Waals surface area contributed by atoms with Crippen LogP contribution in [0.3, 0.4) is 0 Å². The largest absolute Gasteiger partial charge is 0.477 e. The zero-order valence-corrected chi connectivity index (χ0v) is 17.4. The number of benzene rings is 1. The quantitative estimate of drug-likeness (QED) is 0.667. The first-order valence-corrected chi connectivity index (χ1v) is 10.1. The van der Waals surface area contributed by atoms with Gasteiger partial charge in [-0.25, -0.2) is 4.79 Å². The summed E-state index contributed by atoms with van der Waals surface area (Å²) in [6.45, 7) is 13.7. The normalized spacial score (nSPS) is 16.5. The average molecular weight is 369 g/mol. The fourth-order valence-electron chi connectivity index (χ4n) is 4.70. The average Bonchev–Trinajstić information content (AvgIpc) is 3.00. The van der Waals surface area contributed by atoms with Crippen LogP contribution in [-0.4, -0.2) is 11.1 Å². The lowest BCUT2D eigenvalue weighted by molar-refractivity contribution is 0.0702. The highest BCUT2D eigenvalue weighted by Crippen LogP contribution is 2.44. The Morgan fingerprint density at radius 3 is 2.46 bits per heavy atom. The third-order valence-electron chi connectivity index (χ3n) is 5.94. The van der Waals surface area contributed by atoms with Crippen molar-refractivity contribution in [3.63, 3.8) is 0 Å². The van der Waals surface area contributed by atoms with Gasteiger partial charge < -0.3 is 5.11 Å². The van der Waals surface area contributed by atoms with E-state index < -0.39 is 5.97 Å². The fourth-order valence-corrected chi connectivity index (χ4v) is 5.55. The number of allylic oxidation sites excluding steroid dienone is 1. The van der Waals surface area contributed by atoms with Crippen molar-refractivity contribution >= 4 is 29.0 Å². The molecule has 26 heavy (non-hydrogen) atoms. The van der Waals surface area contributed by atoms with Crippen LogP contribution in [0.25, 0.3) is 11.6 Å². The van der Waals surface area contributed by atoms with E-state index in [2.05, 4.69) is 47.6 Å². The lowest BCUT2D eigenvalue weighted by Crippen LogP contribution is -2.27. The number of carboxylic acid groups (broad SMARTS) is 1. The van der Waals surface area contributed by atoms with Crippen LogP contribution in [0.15, 0.2) is 12.1 Å². The molecule has 0 fully saturated rings. The lowest BCUT2D eigenvalue weighted by atomic mass is 9.68. The molecule has 3 heteroatoms. The van der Waals surface area contributed by atoms with Crippen LogP contribution in [0.5, 0.6) is 0 Å². The predicted molar refractivity (Wildman–Crippen MR) is 111 cm³/mol. The lowest BCUT2D eigenvalue weighted by Gasteiger charge is -2.37. The number of carboxylic acids is 1. The number of carbonyl (C=O) groups is 1. The van der Waals surface area contributed by atoms with Gasteiger partial charge >= 0.3 is 5.97 Å². The number of hydrogen-bond acceptors (Lipinski definition) is 2. The topological polar surface area (TPSA) is 37.3 Å². The van der Waals surface area contributed by atoms with Gasteiger partial charge in [-0.05, 0) is 110 Å². The molecular formula is C23H28O2S. The van der Waals surface area contributed by atoms with E-state index in [1.54, 1.807) is 11.6 Å². The molecular weight excluding hydrogens is 340 g/mol. The minimum atomic E-state index is -0.855. The van der Waals surface area contributed by atoms with Crippen LogP contribution in [0.1, 0.15) is 81.5 Å². The Bertz CT molecular complexity index is 913. The Morgan fingerprint density at radius 1 is 1.15 bits per heavy atom. The van der Waals surface area contributed by atoms with Crippen molar-refractivity contribution in [1.82, 2.24) is 0 Å². The maximum absolute atomic E-state index is 11.1. The third-order valence-corrected chi connectivity index (χ3v) is 6.96. The van der Waals surface area contributed by atoms with Gasteiger partial charge in [0.25, 0.3) is 0 Å². The molecule has 2 nitrogen and oxygen atoms in total. The van der Waals surface area contributed by atoms with Gasteiger partial charge in [-0.3, -0.25) is 0 Å². The first-order valence-electron chi connectivity index (χ1n) is 9.28. The molecule has 0 unspecified atom stereocenters. The van der Waals surface area contributed by atoms with E-state index in [-0.39, 0.29) is 5.41 Å². The molecule has 1 N–H and O–H groups in total. The minimum absolute atomic E-state index is 0.244. The summed E-state index contributed by atoms with van der Waals surface area (Å²) in [6, 6.07) is 3.59. The maximum Gasteiger partial charge on any atom is 0.345 e. The van der Waals surface area contributed by atoms with Crippen molar-refractivity contribution in [1.29, 1.82) is 0 Å². The number of rotatable bonds is 3. The zero-order valence-electron chi connectivity index (χ0n) is 16.6. The number of fused-ring (bicyclic) bond motifs is 1. The second kappa shape index (κ2) is 6.70. The van der Waals surface area contributed by atoms with Gasteiger partial charge in [0.2, 0.25) is 0 Å². The summed E-state index contributed by atoms with van der Waals surface area (Å²) < 4.78 is 0. The van der Waals surface area contributed by atoms with Gasteiger partial charge in [-0.15, -0.1) is 11.3 Å². The first kappa shape index (κ1) is 18.9. The summed E-state index contributed by atoms with van der Waals surface area (Å²) in [6.07, 6.45) is 5.79. The Balaban J connectivity index is 2.14. The van der Waals surface area contributed by atoms with Gasteiger partial charge in [-0.1, -0.05) is 13.8 Å². The second-order valence-electron chi connectivity index (χ2n) is 8.18. The molecule has 1 aromatic carbocycles. The van der Waals surface area contributed by atoms with E-state index in [9.17, 15) is 4.79 Å². The van der Waals surface area contributed by atoms with Gasteiger partial charge in [0.05, 0.1) is 0 Å². The highest BCUT2D eigenvalue weighted by atomic mass is 32.1. The zero-order chi connectivity index (χ0) is 19.2. The van der Waals surface area contributed by atoms with Crippen LogP contribution >= 0.6 is 11.3 Å². The van der Waals surface area contributed by atoms with Crippen LogP contribution < -0.4 is 0 Å². The Labute approximate surface area is 160 Å². The molecule has 0 saturated heterocycles. The molecule has 1 aliphatic rings. The molecule has 3 rings (SSSR count). The van der Waals surface area contributed by atoms with E-state index in [4.69, 9.17) is 5.11 Å². The van der Waals surface area contributed by atoms with E-state index in [1.165, 1.54) is 57.6 Å². The van der Waals surface area contributed by atoms with Crippen molar-refractivity contribution in [2.24, 2.45) is 0 Å². The molecule has 0 aliphatic heterocycles. The van der Waals surface area contributed by atoms with E-state index in [0.717, 1.165) is 11.3 Å². The molecule has 2 aromatic rings. The number of aromatic carboxylic acids is 1. The monoisotopic (exact) mass is 368 g/mol. The molecule has 1 aliphatic carbocycles. The van der Waals surface area contributed by atoms with Gasteiger partial charge in [-0.2, -0.15) is 0 Å². The number of thiophene rings is 1. The molecule has 0 amide bonds. The summed E-state index contributed by atoms with van der Waals surface area (Å²) in [7, 11) is 0. The molecule has 1 aromatic heterocycles. The summed E-state index contributed by atoms with van der Waals surface area (Å²) >= 11 is 1.33. The summed E-state index contributed by atoms with van der Waals surface area (Å²) in [5.41, 5.74) is 10.1. The summed E-state index contributed by atoms with van der Waals surface area (Å²) in [5.74, 6) is -0.855. The SMILES string of the molecule is CC(=Cc1ccc(C(=O)O)s1)c1c(C)c(C)c2c(c1C)CCCC2(C)C. The predicted octanol–water partition coefficient (Wildman–Crippen LogP) is 6.55. The second-order valence-corrected chi connectivity index (χ2v) is 9.29. The van der Waals surface area contributed by atoms with Crippen LogP contribution in [0, 0.1) is 20.8 Å². The van der Waals surface area contributed by atoms with Crippen LogP contribution in [0.4, 0.5) is 0 Å². The maximum atomic E-state index is 11.1. The third kappa shape index (κ3) is 3.14. The highest BCUT2D eigenvalue weighted by molar-refractivity contribution is 7.14. The Hall–Kier alpha value is -1.87. The van der Waals surface area contributed by atoms with E-state index in [0.29, 0.717) is 4.88 Å². The van der Waals surface area contributed by atoms with E-state index in [1.807, 2.05) is 6.07 Å². The van der Waals surface area contributed by atoms with Crippen molar-refractivity contribution in [2.75, 3.05) is 0 Å². The molecule has 0 bridgehead atoms. The van der Waals surface area contributed by atoms with E-state index >= 15 is 0 Å². The molecule has 0 saturated carbocycles.